The van der Waals surface area contributed by atoms with E-state index < -0.39 is 0 Å². The van der Waals surface area contributed by atoms with E-state index in [-0.39, 0.29) is 28.4 Å². The monoisotopic (exact) mass is 1060 g/mol. The number of nitrogens with zero attached hydrogens (tertiary/aromatic N) is 3. The summed E-state index contributed by atoms with van der Waals surface area (Å²) in [5.74, 6) is 1.80. The van der Waals surface area contributed by atoms with Crippen LogP contribution in [0.5, 0.6) is 11.5 Å². The zero-order chi connectivity index (χ0) is 54.4. The van der Waals surface area contributed by atoms with Gasteiger partial charge in [-0.3, -0.25) is 0 Å². The van der Waals surface area contributed by atoms with Crippen LogP contribution >= 0.6 is 22.7 Å². The smallest absolute Gasteiger partial charge is 0.269 e. The SMILES string of the molecule is CC(C)(C)c1ccc(N2c3cc(-n4c5ccccc5c5ccccc54)cc4c3B(c3cc5c(sc6ccccc65)c(-n5c6ccc(C(C)(C)C)cc6c6cc(C(C)(C)C)ccc65)c3O4)c3sc4ccc(C(C)(C)C)cc4c32)cc1. The maximum Gasteiger partial charge on any atom is 0.269 e. The van der Waals surface area contributed by atoms with E-state index in [0.717, 1.165) is 34.2 Å². The number of benzene rings is 9. The lowest BCUT2D eigenvalue weighted by Gasteiger charge is -2.39. The Labute approximate surface area is 471 Å². The van der Waals surface area contributed by atoms with Gasteiger partial charge in [0.2, 0.25) is 0 Å². The van der Waals surface area contributed by atoms with Crippen molar-refractivity contribution in [1.29, 1.82) is 0 Å². The number of anilines is 3. The molecule has 0 amide bonds. The third kappa shape index (κ3) is 7.17. The Kier molecular flexibility index (Phi) is 10.1. The average molecular weight is 1060 g/mol. The largest absolute Gasteiger partial charge is 0.456 e. The molecule has 4 aromatic heterocycles. The van der Waals surface area contributed by atoms with Gasteiger partial charge in [-0.05, 0) is 128 Å². The van der Waals surface area contributed by atoms with Gasteiger partial charge in [-0.25, -0.2) is 0 Å². The second-order valence-corrected chi connectivity index (χ2v) is 28.7. The summed E-state index contributed by atoms with van der Waals surface area (Å²) in [6.45, 7) is 27.7. The van der Waals surface area contributed by atoms with Crippen LogP contribution in [0.4, 0.5) is 17.1 Å². The molecule has 6 heterocycles. The van der Waals surface area contributed by atoms with Crippen molar-refractivity contribution in [1.82, 2.24) is 9.13 Å². The van der Waals surface area contributed by atoms with E-state index in [2.05, 4.69) is 267 Å². The quantitative estimate of drug-likeness (QED) is 0.165. The third-order valence-corrected chi connectivity index (χ3v) is 19.8. The second kappa shape index (κ2) is 16.5. The van der Waals surface area contributed by atoms with E-state index >= 15 is 0 Å². The van der Waals surface area contributed by atoms with Gasteiger partial charge in [-0.1, -0.05) is 174 Å². The molecular weight excluding hydrogens is 998 g/mol. The Morgan fingerprint density at radius 1 is 0.392 bits per heavy atom. The molecule has 0 N–H and O–H groups in total. The summed E-state index contributed by atoms with van der Waals surface area (Å²) in [5, 5.41) is 8.80. The van der Waals surface area contributed by atoms with Crippen molar-refractivity contribution in [2.45, 2.75) is 105 Å². The van der Waals surface area contributed by atoms with Crippen LogP contribution in [-0.4, -0.2) is 15.8 Å². The molecular formula is C72H64BN3OS2. The van der Waals surface area contributed by atoms with Crippen molar-refractivity contribution < 1.29 is 4.74 Å². The van der Waals surface area contributed by atoms with E-state index in [4.69, 9.17) is 4.74 Å². The molecule has 9 aromatic carbocycles. The minimum absolute atomic E-state index is 0.00443. The van der Waals surface area contributed by atoms with Crippen LogP contribution in [0, 0.1) is 0 Å². The van der Waals surface area contributed by atoms with Crippen molar-refractivity contribution in [2.24, 2.45) is 0 Å². The van der Waals surface area contributed by atoms with Gasteiger partial charge in [-0.15, -0.1) is 22.7 Å². The molecule has 2 aliphatic rings. The summed E-state index contributed by atoms with van der Waals surface area (Å²) in [6.07, 6.45) is 0. The predicted molar refractivity (Wildman–Crippen MR) is 344 cm³/mol. The topological polar surface area (TPSA) is 22.3 Å². The average Bonchev–Trinajstić information content (AvgIpc) is 3.07. The van der Waals surface area contributed by atoms with Crippen LogP contribution in [0.2, 0.25) is 0 Å². The van der Waals surface area contributed by atoms with Crippen molar-refractivity contribution in [3.8, 4) is 22.9 Å². The molecule has 2 aliphatic heterocycles. The fourth-order valence-electron chi connectivity index (χ4n) is 13.1. The Morgan fingerprint density at radius 2 is 0.899 bits per heavy atom. The van der Waals surface area contributed by atoms with Gasteiger partial charge < -0.3 is 18.8 Å². The van der Waals surface area contributed by atoms with Gasteiger partial charge in [-0.2, -0.15) is 0 Å². The number of hydrogen-bond donors (Lipinski definition) is 0. The normalized spacial score (nSPS) is 13.9. The minimum atomic E-state index is -0.147. The molecule has 0 radical (unpaired) electrons. The molecule has 15 rings (SSSR count). The number of aromatic nitrogens is 2. The first kappa shape index (κ1) is 48.5. The van der Waals surface area contributed by atoms with Crippen molar-refractivity contribution in [3.05, 3.63) is 192 Å². The maximum absolute atomic E-state index is 8.05. The third-order valence-electron chi connectivity index (χ3n) is 17.4. The highest BCUT2D eigenvalue weighted by atomic mass is 32.1. The molecule has 0 bridgehead atoms. The number of hydrogen-bond acceptors (Lipinski definition) is 4. The molecule has 0 fully saturated rings. The first-order valence-corrected chi connectivity index (χ1v) is 29.7. The summed E-state index contributed by atoms with van der Waals surface area (Å²) < 4.78 is 18.2. The highest BCUT2D eigenvalue weighted by Gasteiger charge is 2.46. The second-order valence-electron chi connectivity index (χ2n) is 26.6. The van der Waals surface area contributed by atoms with Crippen LogP contribution in [-0.2, 0) is 21.7 Å². The van der Waals surface area contributed by atoms with Gasteiger partial charge in [0.1, 0.15) is 17.2 Å². The van der Waals surface area contributed by atoms with Crippen LogP contribution in [0.25, 0.3) is 85.2 Å². The van der Waals surface area contributed by atoms with Crippen LogP contribution < -0.4 is 25.3 Å². The first-order chi connectivity index (χ1) is 37.7. The molecule has 0 unspecified atom stereocenters. The summed E-state index contributed by atoms with van der Waals surface area (Å²) in [5.41, 5.74) is 17.9. The number of para-hydroxylation sites is 2. The molecule has 0 saturated heterocycles. The van der Waals surface area contributed by atoms with E-state index in [0.29, 0.717) is 0 Å². The summed E-state index contributed by atoms with van der Waals surface area (Å²) in [7, 11) is 0. The zero-order valence-corrected chi connectivity index (χ0v) is 48.9. The van der Waals surface area contributed by atoms with Crippen molar-refractivity contribution >= 4 is 136 Å². The van der Waals surface area contributed by atoms with E-state index in [1.807, 2.05) is 22.7 Å². The molecule has 388 valence electrons. The molecule has 4 nitrogen and oxygen atoms in total. The fourth-order valence-corrected chi connectivity index (χ4v) is 15.6. The number of fused-ring (bicyclic) bond motifs is 15. The molecule has 0 atom stereocenters. The van der Waals surface area contributed by atoms with Gasteiger partial charge in [0.25, 0.3) is 6.71 Å². The summed E-state index contributed by atoms with van der Waals surface area (Å²) in [6, 6.07) is 65.2. The molecule has 0 saturated carbocycles. The molecule has 13 aromatic rings. The van der Waals surface area contributed by atoms with Crippen LogP contribution in [0.15, 0.2) is 170 Å². The van der Waals surface area contributed by atoms with Gasteiger partial charge >= 0.3 is 0 Å². The Hall–Kier alpha value is -7.58. The number of ether oxygens (including phenoxy) is 1. The lowest BCUT2D eigenvalue weighted by Crippen LogP contribution is -2.58. The molecule has 7 heteroatoms. The standard InChI is InChI=1S/C72H64BN3OS2/c1-69(2,3)41-25-30-45(31-26-41)75-59-38-46(74-55-22-16-13-19-47(55)48-20-14-17-23-56(48)74)39-60-63(59)73(68-64(75)53-37-44(72(10,11)12)29-34-62(53)79-68)54-40-52-49-21-15-18-24-61(49)78-67(52)65(66(54)77-60)76-57-32-27-42(70(4,5)6)35-50(57)51-36-43(71(7,8)9)28-33-58(51)76/h13-40H,1-12H3. The summed E-state index contributed by atoms with van der Waals surface area (Å²) >= 11 is 3.84. The van der Waals surface area contributed by atoms with Crippen molar-refractivity contribution in [3.63, 3.8) is 0 Å². The van der Waals surface area contributed by atoms with Crippen molar-refractivity contribution in [2.75, 3.05) is 4.90 Å². The van der Waals surface area contributed by atoms with Gasteiger partial charge in [0.05, 0.1) is 38.1 Å². The molecule has 0 spiro atoms. The number of thiophene rings is 2. The van der Waals surface area contributed by atoms with E-state index in [9.17, 15) is 0 Å². The molecule has 79 heavy (non-hydrogen) atoms. The first-order valence-electron chi connectivity index (χ1n) is 28.1. The zero-order valence-electron chi connectivity index (χ0n) is 47.3. The lowest BCUT2D eigenvalue weighted by molar-refractivity contribution is 0.486. The highest BCUT2D eigenvalue weighted by Crippen LogP contribution is 2.52. The Balaban J connectivity index is 1.11. The fraction of sp³-hybridized carbons (Fsp3) is 0.222. The maximum atomic E-state index is 8.05. The van der Waals surface area contributed by atoms with Crippen LogP contribution in [0.1, 0.15) is 105 Å². The number of rotatable bonds is 3. The van der Waals surface area contributed by atoms with E-state index in [1.165, 1.54) is 118 Å². The predicted octanol–water partition coefficient (Wildman–Crippen LogP) is 19.1. The highest BCUT2D eigenvalue weighted by molar-refractivity contribution is 7.33. The molecule has 0 aliphatic carbocycles. The van der Waals surface area contributed by atoms with E-state index in [1.54, 1.807) is 0 Å². The Morgan fingerprint density at radius 3 is 1.49 bits per heavy atom. The van der Waals surface area contributed by atoms with Gasteiger partial charge in [0, 0.05) is 69.3 Å². The van der Waals surface area contributed by atoms with Crippen LogP contribution in [0.3, 0.4) is 0 Å². The summed E-state index contributed by atoms with van der Waals surface area (Å²) in [4.78, 5) is 2.60. The lowest BCUT2D eigenvalue weighted by atomic mass is 9.36. The van der Waals surface area contributed by atoms with Gasteiger partial charge in [0.15, 0.2) is 0 Å². The Bertz CT molecular complexity index is 4620. The minimum Gasteiger partial charge on any atom is -0.456 e.